The average molecular weight is 644 g/mol. The molecule has 0 atom stereocenters. The molecular weight excluding hydrogens is 606 g/mol. The Morgan fingerprint density at radius 1 is 0.812 bits per heavy atom. The van der Waals surface area contributed by atoms with Crippen molar-refractivity contribution in [1.29, 1.82) is 0 Å². The summed E-state index contributed by atoms with van der Waals surface area (Å²) in [6, 6.07) is 20.0. The van der Waals surface area contributed by atoms with Gasteiger partial charge in [0.25, 0.3) is 11.9 Å². The van der Waals surface area contributed by atoms with Crippen LogP contribution in [-0.2, 0) is 10.3 Å². The summed E-state index contributed by atoms with van der Waals surface area (Å²) in [6.45, 7) is 8.28. The number of nitrogens with zero attached hydrogens (tertiary/aromatic N) is 9. The smallest absolute Gasteiger partial charge is 0.258 e. The largest absolute Gasteiger partial charge is 0.378 e. The van der Waals surface area contributed by atoms with Gasteiger partial charge in [-0.2, -0.15) is 19.6 Å². The van der Waals surface area contributed by atoms with Crippen LogP contribution in [0.4, 0.5) is 11.9 Å². The van der Waals surface area contributed by atoms with Gasteiger partial charge in [0.15, 0.2) is 0 Å². The third kappa shape index (κ3) is 5.92. The number of benzene rings is 3. The molecule has 3 aromatic carbocycles. The molecule has 2 aliphatic rings. The maximum Gasteiger partial charge on any atom is 0.258 e. The van der Waals surface area contributed by atoms with Crippen molar-refractivity contribution < 1.29 is 9.53 Å². The van der Waals surface area contributed by atoms with Gasteiger partial charge in [0, 0.05) is 37.3 Å². The van der Waals surface area contributed by atoms with E-state index < -0.39 is 5.54 Å². The van der Waals surface area contributed by atoms with E-state index in [9.17, 15) is 4.79 Å². The Morgan fingerprint density at radius 2 is 1.54 bits per heavy atom. The van der Waals surface area contributed by atoms with Gasteiger partial charge in [0.2, 0.25) is 11.9 Å². The summed E-state index contributed by atoms with van der Waals surface area (Å²) in [5, 5.41) is 14.3. The average Bonchev–Trinajstić information content (AvgIpc) is 3.81. The third-order valence-corrected chi connectivity index (χ3v) is 9.06. The lowest BCUT2D eigenvalue weighted by molar-refractivity contribution is 0.0910. The van der Waals surface area contributed by atoms with E-state index >= 15 is 0 Å². The Bertz CT molecular complexity index is 2070. The lowest BCUT2D eigenvalue weighted by Crippen LogP contribution is -2.41. The molecule has 2 saturated heterocycles. The number of morpholine rings is 1. The molecule has 1 amide bonds. The number of imidazole rings is 1. The molecule has 0 radical (unpaired) electrons. The lowest BCUT2D eigenvalue weighted by atomic mass is 10.0. The molecule has 0 spiro atoms. The molecule has 13 nitrogen and oxygen atoms in total. The number of aromatic amines is 1. The zero-order valence-electron chi connectivity index (χ0n) is 27.1. The number of carbonyl (C=O) groups is 1. The van der Waals surface area contributed by atoms with Crippen molar-refractivity contribution in [2.75, 3.05) is 49.2 Å². The number of rotatable bonds is 7. The Labute approximate surface area is 277 Å². The van der Waals surface area contributed by atoms with Crippen molar-refractivity contribution >= 4 is 39.6 Å². The summed E-state index contributed by atoms with van der Waals surface area (Å²) in [7, 11) is 0. The van der Waals surface area contributed by atoms with E-state index in [0.717, 1.165) is 53.7 Å². The number of H-pyrrole nitrogens is 1. The van der Waals surface area contributed by atoms with Crippen LogP contribution in [0.3, 0.4) is 0 Å². The summed E-state index contributed by atoms with van der Waals surface area (Å²) in [5.41, 5.74) is 2.79. The second-order valence-corrected chi connectivity index (χ2v) is 12.9. The van der Waals surface area contributed by atoms with Crippen LogP contribution in [0.15, 0.2) is 66.9 Å². The minimum atomic E-state index is -0.843. The van der Waals surface area contributed by atoms with Crippen molar-refractivity contribution in [2.45, 2.75) is 38.6 Å². The maximum atomic E-state index is 13.6. The molecule has 3 aromatic heterocycles. The van der Waals surface area contributed by atoms with Gasteiger partial charge >= 0.3 is 0 Å². The summed E-state index contributed by atoms with van der Waals surface area (Å²) in [6.07, 6.45) is 5.19. The standard InChI is InChI=1S/C35H37N11O2/c1-35(2,41-31(47)26-12-13-27-28(21-26)37-30(36-27)25-11-10-23-8-4-5-9-24(23)20-25)29-22-46(43-42-29)34-39-32(44-14-6-3-7-15-44)38-33(40-34)45-16-18-48-19-17-45/h4-5,8-13,20-22H,3,6-7,14-19H2,1-2H3,(H,36,37)(H,41,47). The van der Waals surface area contributed by atoms with E-state index in [4.69, 9.17) is 24.7 Å². The quantitative estimate of drug-likeness (QED) is 0.253. The first kappa shape index (κ1) is 29.9. The SMILES string of the molecule is CC(C)(NC(=O)c1ccc2nc(-c3ccc4ccccc4c3)[nH]c2c1)c1cn(-c2nc(N3CCCCC3)nc(N3CCOCC3)n2)nn1. The number of piperidine rings is 1. The third-order valence-electron chi connectivity index (χ3n) is 9.06. The topological polar surface area (TPSA) is 143 Å². The number of fused-ring (bicyclic) bond motifs is 2. The number of hydrogen-bond acceptors (Lipinski definition) is 10. The highest BCUT2D eigenvalue weighted by molar-refractivity contribution is 5.98. The molecular formula is C35H37N11O2. The van der Waals surface area contributed by atoms with E-state index in [-0.39, 0.29) is 5.91 Å². The first-order valence-electron chi connectivity index (χ1n) is 16.5. The predicted molar refractivity (Wildman–Crippen MR) is 183 cm³/mol. The molecule has 8 rings (SSSR count). The van der Waals surface area contributed by atoms with Gasteiger partial charge < -0.3 is 24.8 Å². The highest BCUT2D eigenvalue weighted by atomic mass is 16.5. The Morgan fingerprint density at radius 3 is 2.33 bits per heavy atom. The second kappa shape index (κ2) is 12.3. The Balaban J connectivity index is 1.03. The van der Waals surface area contributed by atoms with Gasteiger partial charge in [-0.3, -0.25) is 4.79 Å². The van der Waals surface area contributed by atoms with Crippen molar-refractivity contribution in [3.8, 4) is 17.3 Å². The van der Waals surface area contributed by atoms with Crippen LogP contribution < -0.4 is 15.1 Å². The van der Waals surface area contributed by atoms with Crippen molar-refractivity contribution in [1.82, 2.24) is 45.2 Å². The summed E-state index contributed by atoms with van der Waals surface area (Å²) >= 11 is 0. The van der Waals surface area contributed by atoms with E-state index in [1.54, 1.807) is 16.9 Å². The lowest BCUT2D eigenvalue weighted by Gasteiger charge is -2.30. The molecule has 0 bridgehead atoms. The highest BCUT2D eigenvalue weighted by Gasteiger charge is 2.29. The van der Waals surface area contributed by atoms with Gasteiger partial charge in [-0.1, -0.05) is 41.6 Å². The fourth-order valence-electron chi connectivity index (χ4n) is 6.28. The monoisotopic (exact) mass is 643 g/mol. The zero-order valence-corrected chi connectivity index (χ0v) is 27.1. The number of ether oxygens (including phenoxy) is 1. The number of nitrogens with one attached hydrogen (secondary N) is 2. The highest BCUT2D eigenvalue weighted by Crippen LogP contribution is 2.27. The number of amides is 1. The molecule has 0 aliphatic carbocycles. The molecule has 13 heteroatoms. The number of anilines is 2. The Kier molecular flexibility index (Phi) is 7.67. The molecule has 2 aliphatic heterocycles. The van der Waals surface area contributed by atoms with Crippen LogP contribution in [0, 0.1) is 0 Å². The van der Waals surface area contributed by atoms with E-state index in [1.807, 2.05) is 38.1 Å². The van der Waals surface area contributed by atoms with E-state index in [0.29, 0.717) is 55.4 Å². The first-order valence-corrected chi connectivity index (χ1v) is 16.5. The van der Waals surface area contributed by atoms with Crippen molar-refractivity contribution in [3.63, 3.8) is 0 Å². The van der Waals surface area contributed by atoms with Gasteiger partial charge in [-0.05, 0) is 68.1 Å². The molecule has 5 heterocycles. The fourth-order valence-corrected chi connectivity index (χ4v) is 6.28. The zero-order chi connectivity index (χ0) is 32.7. The van der Waals surface area contributed by atoms with Crippen molar-refractivity contribution in [2.24, 2.45) is 0 Å². The molecule has 2 fully saturated rings. The van der Waals surface area contributed by atoms with Crippen LogP contribution in [0.2, 0.25) is 0 Å². The van der Waals surface area contributed by atoms with E-state index in [1.165, 1.54) is 11.8 Å². The van der Waals surface area contributed by atoms with Gasteiger partial charge in [0.1, 0.15) is 11.5 Å². The van der Waals surface area contributed by atoms with Gasteiger partial charge in [-0.15, -0.1) is 5.10 Å². The van der Waals surface area contributed by atoms with Crippen LogP contribution in [0.5, 0.6) is 0 Å². The molecule has 2 N–H and O–H groups in total. The molecule has 0 saturated carbocycles. The van der Waals surface area contributed by atoms with Crippen molar-refractivity contribution in [3.05, 3.63) is 78.1 Å². The molecule has 0 unspecified atom stereocenters. The first-order chi connectivity index (χ1) is 23.4. The summed E-state index contributed by atoms with van der Waals surface area (Å²) in [4.78, 5) is 40.5. The normalized spacial score (nSPS) is 15.7. The number of aromatic nitrogens is 8. The summed E-state index contributed by atoms with van der Waals surface area (Å²) < 4.78 is 7.11. The fraction of sp³-hybridized carbons (Fsp3) is 0.343. The van der Waals surface area contributed by atoms with E-state index in [2.05, 4.69) is 60.7 Å². The second-order valence-electron chi connectivity index (χ2n) is 12.9. The van der Waals surface area contributed by atoms with Crippen LogP contribution in [-0.4, -0.2) is 85.2 Å². The van der Waals surface area contributed by atoms with Gasteiger partial charge in [-0.25, -0.2) is 4.98 Å². The predicted octanol–water partition coefficient (Wildman–Crippen LogP) is 4.64. The summed E-state index contributed by atoms with van der Waals surface area (Å²) in [5.74, 6) is 2.15. The number of carbonyl (C=O) groups excluding carboxylic acids is 1. The minimum absolute atomic E-state index is 0.236. The number of hydrogen-bond donors (Lipinski definition) is 2. The van der Waals surface area contributed by atoms with Crippen LogP contribution in [0.25, 0.3) is 39.1 Å². The van der Waals surface area contributed by atoms with Crippen LogP contribution >= 0.6 is 0 Å². The van der Waals surface area contributed by atoms with Crippen LogP contribution in [0.1, 0.15) is 49.2 Å². The maximum absolute atomic E-state index is 13.6. The van der Waals surface area contributed by atoms with Gasteiger partial charge in [0.05, 0.1) is 36.0 Å². The molecule has 48 heavy (non-hydrogen) atoms. The Hall–Kier alpha value is -5.43. The molecule has 6 aromatic rings. The minimum Gasteiger partial charge on any atom is -0.378 e. The molecule has 244 valence electrons.